The molecule has 5 rings (SSSR count). The van der Waals surface area contributed by atoms with Crippen LogP contribution in [0, 0.1) is 6.92 Å². The summed E-state index contributed by atoms with van der Waals surface area (Å²) in [5.74, 6) is 0.256. The Balaban J connectivity index is 1.64. The molecule has 0 amide bonds. The molecular weight excluding hydrogens is 358 g/mol. The van der Waals surface area contributed by atoms with Gasteiger partial charge in [0.05, 0.1) is 27.2 Å². The largest absolute Gasteiger partial charge is 0.508 e. The number of fused-ring (bicyclic) bond motifs is 2. The molecular formula is C21H17N3O2S. The molecule has 2 aromatic carbocycles. The molecule has 0 fully saturated rings. The molecule has 1 N–H and O–H groups in total. The average Bonchev–Trinajstić information content (AvgIpc) is 3.23. The minimum Gasteiger partial charge on any atom is -0.508 e. The lowest BCUT2D eigenvalue weighted by Gasteiger charge is -2.23. The van der Waals surface area contributed by atoms with Gasteiger partial charge < -0.3 is 5.11 Å². The molecule has 0 aliphatic heterocycles. The van der Waals surface area contributed by atoms with Gasteiger partial charge in [-0.15, -0.1) is 0 Å². The monoisotopic (exact) mass is 375 g/mol. The Morgan fingerprint density at radius 2 is 1.89 bits per heavy atom. The number of hydrogen-bond donors (Lipinski definition) is 1. The van der Waals surface area contributed by atoms with E-state index < -0.39 is 0 Å². The van der Waals surface area contributed by atoms with Crippen molar-refractivity contribution >= 4 is 27.3 Å². The van der Waals surface area contributed by atoms with Crippen LogP contribution in [0.5, 0.6) is 5.75 Å². The van der Waals surface area contributed by atoms with Gasteiger partial charge in [-0.1, -0.05) is 41.7 Å². The van der Waals surface area contributed by atoms with Gasteiger partial charge in [0, 0.05) is 12.3 Å². The lowest BCUT2D eigenvalue weighted by molar-refractivity contribution is 0.0963. The second kappa shape index (κ2) is 6.03. The van der Waals surface area contributed by atoms with Crippen molar-refractivity contribution in [2.45, 2.75) is 25.7 Å². The number of benzene rings is 2. The highest BCUT2D eigenvalue weighted by atomic mass is 32.1. The van der Waals surface area contributed by atoms with Crippen molar-refractivity contribution in [1.82, 2.24) is 14.8 Å². The van der Waals surface area contributed by atoms with Crippen molar-refractivity contribution in [3.8, 4) is 10.9 Å². The third-order valence-corrected chi connectivity index (χ3v) is 6.16. The van der Waals surface area contributed by atoms with E-state index in [1.807, 2.05) is 48.0 Å². The summed E-state index contributed by atoms with van der Waals surface area (Å²) in [6.07, 6.45) is 1.03. The Kier molecular flexibility index (Phi) is 3.62. The van der Waals surface area contributed by atoms with E-state index in [1.54, 1.807) is 23.5 Å². The Bertz CT molecular complexity index is 1160. The molecule has 4 aromatic rings. The van der Waals surface area contributed by atoms with Crippen LogP contribution in [0.15, 0.2) is 48.5 Å². The second-order valence-corrected chi connectivity index (χ2v) is 7.88. The summed E-state index contributed by atoms with van der Waals surface area (Å²) in [6, 6.07) is 15.2. The first-order valence-electron chi connectivity index (χ1n) is 8.87. The lowest BCUT2D eigenvalue weighted by Crippen LogP contribution is -2.20. The Morgan fingerprint density at radius 1 is 1.11 bits per heavy atom. The smallest absolute Gasteiger partial charge is 0.211 e. The van der Waals surface area contributed by atoms with Crippen LogP contribution in [0.1, 0.15) is 39.6 Å². The van der Waals surface area contributed by atoms with Crippen LogP contribution in [-0.4, -0.2) is 25.7 Å². The number of carbonyl (C=O) groups excluding carboxylic acids is 1. The minimum absolute atomic E-state index is 0.0598. The number of ketones is 1. The number of aromatic hydroxyl groups is 1. The Labute approximate surface area is 159 Å². The number of rotatable bonds is 2. The van der Waals surface area contributed by atoms with Gasteiger partial charge in [-0.25, -0.2) is 9.67 Å². The van der Waals surface area contributed by atoms with Crippen LogP contribution in [0.2, 0.25) is 0 Å². The number of phenolic OH excluding ortho intramolecular Hbond substituents is 1. The van der Waals surface area contributed by atoms with Gasteiger partial charge in [0.2, 0.25) is 5.13 Å². The lowest BCUT2D eigenvalue weighted by atomic mass is 9.81. The fraction of sp³-hybridized carbons (Fsp3) is 0.190. The second-order valence-electron chi connectivity index (χ2n) is 6.87. The van der Waals surface area contributed by atoms with Crippen molar-refractivity contribution in [2.75, 3.05) is 0 Å². The van der Waals surface area contributed by atoms with Crippen LogP contribution in [-0.2, 0) is 6.42 Å². The average molecular weight is 375 g/mol. The molecule has 0 saturated carbocycles. The van der Waals surface area contributed by atoms with E-state index in [2.05, 4.69) is 5.10 Å². The van der Waals surface area contributed by atoms with Crippen LogP contribution in [0.3, 0.4) is 0 Å². The first-order chi connectivity index (χ1) is 13.1. The van der Waals surface area contributed by atoms with Gasteiger partial charge in [-0.05, 0) is 37.1 Å². The zero-order valence-corrected chi connectivity index (χ0v) is 15.5. The van der Waals surface area contributed by atoms with E-state index in [0.717, 1.165) is 32.3 Å². The standard InChI is InChI=1S/C21H17N3O2S/c1-12-20-16(10-13(11-18(20)26)14-6-2-4-8-17(14)25)24(23-12)21-22-15-7-3-5-9-19(15)27-21/h2-9,13,25H,10-11H2,1H3. The van der Waals surface area contributed by atoms with E-state index in [9.17, 15) is 9.90 Å². The molecule has 2 aromatic heterocycles. The van der Waals surface area contributed by atoms with Crippen molar-refractivity contribution in [3.63, 3.8) is 0 Å². The third-order valence-electron chi connectivity index (χ3n) is 5.15. The predicted octanol–water partition coefficient (Wildman–Crippen LogP) is 4.41. The van der Waals surface area contributed by atoms with Gasteiger partial charge >= 0.3 is 0 Å². The first kappa shape index (κ1) is 16.2. The van der Waals surface area contributed by atoms with Gasteiger partial charge in [0.1, 0.15) is 5.75 Å². The number of aryl methyl sites for hydroxylation is 1. The van der Waals surface area contributed by atoms with Crippen molar-refractivity contribution < 1.29 is 9.90 Å². The molecule has 2 heterocycles. The molecule has 27 heavy (non-hydrogen) atoms. The summed E-state index contributed by atoms with van der Waals surface area (Å²) in [6.45, 7) is 1.88. The topological polar surface area (TPSA) is 68.0 Å². The van der Waals surface area contributed by atoms with Gasteiger partial charge in [-0.2, -0.15) is 5.10 Å². The summed E-state index contributed by atoms with van der Waals surface area (Å²) in [5.41, 5.74) is 4.08. The Hall–Kier alpha value is -2.99. The highest BCUT2D eigenvalue weighted by Gasteiger charge is 2.33. The molecule has 1 unspecified atom stereocenters. The van der Waals surface area contributed by atoms with Crippen LogP contribution >= 0.6 is 11.3 Å². The summed E-state index contributed by atoms with van der Waals surface area (Å²) < 4.78 is 2.91. The van der Waals surface area contributed by atoms with E-state index in [-0.39, 0.29) is 17.5 Å². The van der Waals surface area contributed by atoms with E-state index in [4.69, 9.17) is 4.98 Å². The number of phenols is 1. The first-order valence-corrected chi connectivity index (χ1v) is 9.69. The van der Waals surface area contributed by atoms with Crippen LogP contribution in [0.4, 0.5) is 0 Å². The van der Waals surface area contributed by atoms with E-state index >= 15 is 0 Å². The fourth-order valence-corrected chi connectivity index (χ4v) is 4.86. The molecule has 1 atom stereocenters. The number of Topliss-reactive ketones (excluding diaryl/α,β-unsaturated/α-hetero) is 1. The van der Waals surface area contributed by atoms with Crippen LogP contribution in [0.25, 0.3) is 15.3 Å². The molecule has 1 aliphatic carbocycles. The van der Waals surface area contributed by atoms with Gasteiger partial charge in [-0.3, -0.25) is 4.79 Å². The quantitative estimate of drug-likeness (QED) is 0.563. The van der Waals surface area contributed by atoms with E-state index in [0.29, 0.717) is 18.4 Å². The molecule has 134 valence electrons. The Morgan fingerprint density at radius 3 is 2.70 bits per heavy atom. The van der Waals surface area contributed by atoms with Crippen molar-refractivity contribution in [1.29, 1.82) is 0 Å². The maximum atomic E-state index is 12.9. The zero-order valence-electron chi connectivity index (χ0n) is 14.7. The number of aromatic nitrogens is 3. The molecule has 6 heteroatoms. The molecule has 1 aliphatic rings. The number of para-hydroxylation sites is 2. The van der Waals surface area contributed by atoms with Crippen molar-refractivity contribution in [2.24, 2.45) is 0 Å². The molecule has 0 radical (unpaired) electrons. The zero-order chi connectivity index (χ0) is 18.5. The van der Waals surface area contributed by atoms with Gasteiger partial charge in [0.15, 0.2) is 5.78 Å². The normalized spacial score (nSPS) is 16.6. The van der Waals surface area contributed by atoms with Crippen LogP contribution < -0.4 is 0 Å². The third kappa shape index (κ3) is 2.56. The maximum Gasteiger partial charge on any atom is 0.211 e. The summed E-state index contributed by atoms with van der Waals surface area (Å²) >= 11 is 1.57. The van der Waals surface area contributed by atoms with Crippen molar-refractivity contribution in [3.05, 3.63) is 71.0 Å². The molecule has 5 nitrogen and oxygen atoms in total. The number of thiazole rings is 1. The summed E-state index contributed by atoms with van der Waals surface area (Å²) in [7, 11) is 0. The molecule has 0 spiro atoms. The molecule has 0 saturated heterocycles. The van der Waals surface area contributed by atoms with Gasteiger partial charge in [0.25, 0.3) is 0 Å². The number of carbonyl (C=O) groups is 1. The highest BCUT2D eigenvalue weighted by Crippen LogP contribution is 2.38. The number of hydrogen-bond acceptors (Lipinski definition) is 5. The minimum atomic E-state index is -0.0598. The highest BCUT2D eigenvalue weighted by molar-refractivity contribution is 7.20. The maximum absolute atomic E-state index is 12.9. The molecule has 0 bridgehead atoms. The number of nitrogens with zero attached hydrogens (tertiary/aromatic N) is 3. The SMILES string of the molecule is Cc1nn(-c2nc3ccccc3s2)c2c1C(=O)CC(c1ccccc1O)C2. The summed E-state index contributed by atoms with van der Waals surface area (Å²) in [5, 5.41) is 15.6. The fourth-order valence-electron chi connectivity index (χ4n) is 3.92. The summed E-state index contributed by atoms with van der Waals surface area (Å²) in [4.78, 5) is 17.6. The predicted molar refractivity (Wildman–Crippen MR) is 105 cm³/mol. The van der Waals surface area contributed by atoms with E-state index in [1.165, 1.54) is 0 Å².